The van der Waals surface area contributed by atoms with Crippen molar-refractivity contribution in [3.63, 3.8) is 0 Å². The van der Waals surface area contributed by atoms with Crippen molar-refractivity contribution in [3.8, 4) is 0 Å². The molecule has 1 amide bonds. The zero-order valence-electron chi connectivity index (χ0n) is 17.4. The van der Waals surface area contributed by atoms with Crippen molar-refractivity contribution in [2.75, 3.05) is 13.1 Å². The molecular weight excluding hydrogens is 428 g/mol. The number of amides is 1. The molecule has 1 aromatic heterocycles. The zero-order chi connectivity index (χ0) is 21.8. The maximum absolute atomic E-state index is 13.3. The molecule has 0 bridgehead atoms. The van der Waals surface area contributed by atoms with Gasteiger partial charge in [0, 0.05) is 13.1 Å². The summed E-state index contributed by atoms with van der Waals surface area (Å²) in [5, 5.41) is 4.97. The van der Waals surface area contributed by atoms with Crippen LogP contribution in [0.25, 0.3) is 0 Å². The number of rotatable bonds is 6. The number of hydrogen-bond donors (Lipinski definition) is 1. The van der Waals surface area contributed by atoms with Crippen molar-refractivity contribution in [1.29, 1.82) is 0 Å². The second kappa shape index (κ2) is 9.34. The number of benzene rings is 2. The molecule has 2 atom stereocenters. The Morgan fingerprint density at radius 2 is 1.81 bits per heavy atom. The summed E-state index contributed by atoms with van der Waals surface area (Å²) in [7, 11) is -3.55. The fourth-order valence-electron chi connectivity index (χ4n) is 4.07. The lowest BCUT2D eigenvalue weighted by Crippen LogP contribution is -2.46. The van der Waals surface area contributed by atoms with E-state index in [9.17, 15) is 13.2 Å². The van der Waals surface area contributed by atoms with E-state index in [1.807, 2.05) is 61.5 Å². The number of nitrogens with zero attached hydrogens (tertiary/aromatic N) is 1. The van der Waals surface area contributed by atoms with Crippen LogP contribution in [0.1, 0.15) is 35.6 Å². The van der Waals surface area contributed by atoms with Gasteiger partial charge in [-0.3, -0.25) is 4.79 Å². The lowest BCUT2D eigenvalue weighted by molar-refractivity contribution is -0.126. The molecular formula is C24H26N2O3S2. The van der Waals surface area contributed by atoms with Gasteiger partial charge in [0.15, 0.2) is 0 Å². The highest BCUT2D eigenvalue weighted by atomic mass is 32.2. The molecule has 2 aromatic carbocycles. The summed E-state index contributed by atoms with van der Waals surface area (Å²) in [6.07, 6.45) is 1.35. The molecule has 1 N–H and O–H groups in total. The molecule has 0 aliphatic carbocycles. The smallest absolute Gasteiger partial charge is 0.252 e. The van der Waals surface area contributed by atoms with Crippen LogP contribution in [0, 0.1) is 12.8 Å². The summed E-state index contributed by atoms with van der Waals surface area (Å²) in [5.41, 5.74) is 3.15. The van der Waals surface area contributed by atoms with Crippen molar-refractivity contribution in [2.45, 2.75) is 30.0 Å². The normalized spacial score (nSPS) is 18.4. The number of carbonyl (C=O) groups is 1. The predicted molar refractivity (Wildman–Crippen MR) is 123 cm³/mol. The van der Waals surface area contributed by atoms with E-state index in [0.717, 1.165) is 16.7 Å². The van der Waals surface area contributed by atoms with Crippen LogP contribution in [0.3, 0.4) is 0 Å². The Hall–Kier alpha value is -2.48. The van der Waals surface area contributed by atoms with E-state index in [1.165, 1.54) is 15.6 Å². The van der Waals surface area contributed by atoms with Crippen LogP contribution < -0.4 is 5.32 Å². The van der Waals surface area contributed by atoms with Crippen molar-refractivity contribution < 1.29 is 13.2 Å². The highest BCUT2D eigenvalue weighted by Crippen LogP contribution is 2.29. The standard InChI is InChI=1S/C24H26N2O3S2/c1-18-9-5-6-13-21(18)23(19-10-3-2-4-11-19)25-24(27)20-12-7-15-26(17-20)31(28,29)22-14-8-16-30-22/h2-6,8-11,13-14,16,20,23H,7,12,15,17H2,1H3,(H,25,27)/t20-,23-/m0/s1. The van der Waals surface area contributed by atoms with Crippen LogP contribution in [-0.4, -0.2) is 31.7 Å². The Balaban J connectivity index is 1.55. The molecule has 0 radical (unpaired) electrons. The molecule has 1 saturated heterocycles. The fourth-order valence-corrected chi connectivity index (χ4v) is 6.74. The van der Waals surface area contributed by atoms with Crippen molar-refractivity contribution in [2.24, 2.45) is 5.92 Å². The van der Waals surface area contributed by atoms with E-state index in [2.05, 4.69) is 5.32 Å². The molecule has 0 saturated carbocycles. The van der Waals surface area contributed by atoms with E-state index in [-0.39, 0.29) is 24.4 Å². The Labute approximate surface area is 187 Å². The minimum atomic E-state index is -3.55. The lowest BCUT2D eigenvalue weighted by atomic mass is 9.93. The Morgan fingerprint density at radius 1 is 1.06 bits per heavy atom. The molecule has 0 unspecified atom stereocenters. The average molecular weight is 455 g/mol. The zero-order valence-corrected chi connectivity index (χ0v) is 19.0. The minimum absolute atomic E-state index is 0.108. The molecule has 3 aromatic rings. The van der Waals surface area contributed by atoms with Gasteiger partial charge in [0.25, 0.3) is 10.0 Å². The fraction of sp³-hybridized carbons (Fsp3) is 0.292. The van der Waals surface area contributed by atoms with Gasteiger partial charge in [-0.2, -0.15) is 4.31 Å². The number of carbonyl (C=O) groups excluding carboxylic acids is 1. The van der Waals surface area contributed by atoms with Gasteiger partial charge < -0.3 is 5.32 Å². The van der Waals surface area contributed by atoms with E-state index in [4.69, 9.17) is 0 Å². The van der Waals surface area contributed by atoms with Gasteiger partial charge in [-0.25, -0.2) is 8.42 Å². The molecule has 1 fully saturated rings. The van der Waals surface area contributed by atoms with E-state index >= 15 is 0 Å². The summed E-state index contributed by atoms with van der Waals surface area (Å²) < 4.78 is 27.6. The van der Waals surface area contributed by atoms with Gasteiger partial charge in [-0.05, 0) is 47.9 Å². The lowest BCUT2D eigenvalue weighted by Gasteiger charge is -2.32. The third-order valence-electron chi connectivity index (χ3n) is 5.76. The molecule has 0 spiro atoms. The van der Waals surface area contributed by atoms with Crippen LogP contribution in [0.2, 0.25) is 0 Å². The second-order valence-electron chi connectivity index (χ2n) is 7.84. The molecule has 4 rings (SSSR count). The highest BCUT2D eigenvalue weighted by molar-refractivity contribution is 7.91. The summed E-state index contributed by atoms with van der Waals surface area (Å²) in [5.74, 6) is -0.484. The first-order valence-corrected chi connectivity index (χ1v) is 12.7. The summed E-state index contributed by atoms with van der Waals surface area (Å²) in [6, 6.07) is 21.0. The largest absolute Gasteiger partial charge is 0.345 e. The number of sulfonamides is 1. The first-order valence-electron chi connectivity index (χ1n) is 10.4. The topological polar surface area (TPSA) is 66.5 Å². The minimum Gasteiger partial charge on any atom is -0.345 e. The number of aryl methyl sites for hydroxylation is 1. The average Bonchev–Trinajstić information content (AvgIpc) is 3.35. The van der Waals surface area contributed by atoms with Crippen LogP contribution >= 0.6 is 11.3 Å². The number of piperidine rings is 1. The second-order valence-corrected chi connectivity index (χ2v) is 11.0. The van der Waals surface area contributed by atoms with Gasteiger partial charge >= 0.3 is 0 Å². The van der Waals surface area contributed by atoms with Gasteiger partial charge in [0.2, 0.25) is 5.91 Å². The SMILES string of the molecule is Cc1ccccc1[C@@H](NC(=O)[C@H]1CCCN(S(=O)(=O)c2cccs2)C1)c1ccccc1. The van der Waals surface area contributed by atoms with E-state index < -0.39 is 10.0 Å². The Morgan fingerprint density at radius 3 is 2.52 bits per heavy atom. The number of hydrogen-bond acceptors (Lipinski definition) is 4. The molecule has 1 aliphatic rings. The molecule has 31 heavy (non-hydrogen) atoms. The number of thiophene rings is 1. The van der Waals surface area contributed by atoms with Crippen LogP contribution in [0.5, 0.6) is 0 Å². The Kier molecular flexibility index (Phi) is 6.55. The molecule has 2 heterocycles. The molecule has 5 nitrogen and oxygen atoms in total. The first-order chi connectivity index (χ1) is 15.0. The van der Waals surface area contributed by atoms with Gasteiger partial charge in [-0.15, -0.1) is 11.3 Å². The third-order valence-corrected chi connectivity index (χ3v) is 9.00. The maximum Gasteiger partial charge on any atom is 0.252 e. The first kappa shape index (κ1) is 21.7. The predicted octanol–water partition coefficient (Wildman–Crippen LogP) is 4.36. The third kappa shape index (κ3) is 4.74. The highest BCUT2D eigenvalue weighted by Gasteiger charge is 2.34. The molecule has 1 aliphatic heterocycles. The summed E-state index contributed by atoms with van der Waals surface area (Å²) in [4.78, 5) is 13.3. The van der Waals surface area contributed by atoms with Crippen molar-refractivity contribution >= 4 is 27.3 Å². The van der Waals surface area contributed by atoms with Crippen LogP contribution in [0.15, 0.2) is 76.3 Å². The van der Waals surface area contributed by atoms with Gasteiger partial charge in [0.05, 0.1) is 12.0 Å². The van der Waals surface area contributed by atoms with E-state index in [0.29, 0.717) is 23.6 Å². The number of nitrogens with one attached hydrogen (secondary N) is 1. The maximum atomic E-state index is 13.3. The van der Waals surface area contributed by atoms with Crippen molar-refractivity contribution in [3.05, 3.63) is 88.8 Å². The van der Waals surface area contributed by atoms with Crippen LogP contribution in [-0.2, 0) is 14.8 Å². The summed E-state index contributed by atoms with van der Waals surface area (Å²) >= 11 is 1.21. The summed E-state index contributed by atoms with van der Waals surface area (Å²) in [6.45, 7) is 2.69. The monoisotopic (exact) mass is 454 g/mol. The quantitative estimate of drug-likeness (QED) is 0.602. The van der Waals surface area contributed by atoms with Gasteiger partial charge in [-0.1, -0.05) is 60.7 Å². The van der Waals surface area contributed by atoms with Crippen molar-refractivity contribution in [1.82, 2.24) is 9.62 Å². The molecule has 162 valence electrons. The van der Waals surface area contributed by atoms with Crippen LogP contribution in [0.4, 0.5) is 0 Å². The van der Waals surface area contributed by atoms with E-state index in [1.54, 1.807) is 17.5 Å². The van der Waals surface area contributed by atoms with Gasteiger partial charge in [0.1, 0.15) is 4.21 Å². The Bertz CT molecular complexity index is 1130. The molecule has 7 heteroatoms.